The molecule has 0 amide bonds. The summed E-state index contributed by atoms with van der Waals surface area (Å²) in [7, 11) is 1.47. The van der Waals surface area contributed by atoms with Crippen molar-refractivity contribution in [2.24, 2.45) is 11.3 Å². The first-order chi connectivity index (χ1) is 9.99. The van der Waals surface area contributed by atoms with Crippen molar-refractivity contribution >= 4 is 5.97 Å². The number of rotatable bonds is 3. The number of likely N-dealkylation sites (tertiary alicyclic amines) is 1. The summed E-state index contributed by atoms with van der Waals surface area (Å²) < 4.78 is 11.0. The number of fused-ring (bicyclic) bond motifs is 1. The summed E-state index contributed by atoms with van der Waals surface area (Å²) in [6.45, 7) is 7.10. The minimum absolute atomic E-state index is 0.134. The Bertz CT molecular complexity index is 528. The average molecular weight is 289 g/mol. The minimum atomic E-state index is -0.545. The zero-order valence-electron chi connectivity index (χ0n) is 13.0. The van der Waals surface area contributed by atoms with Gasteiger partial charge in [0.2, 0.25) is 0 Å². The van der Waals surface area contributed by atoms with Gasteiger partial charge < -0.3 is 9.47 Å². The summed E-state index contributed by atoms with van der Waals surface area (Å²) in [6.07, 6.45) is 0. The summed E-state index contributed by atoms with van der Waals surface area (Å²) in [5, 5.41) is 0. The molecular formula is C17H23NO3. The third-order valence-corrected chi connectivity index (χ3v) is 5.17. The quantitative estimate of drug-likeness (QED) is 0.799. The summed E-state index contributed by atoms with van der Waals surface area (Å²) in [6, 6.07) is 10.4. The highest BCUT2D eigenvalue weighted by Gasteiger charge is 2.66. The fourth-order valence-corrected chi connectivity index (χ4v) is 3.95. The van der Waals surface area contributed by atoms with E-state index in [1.807, 2.05) is 19.9 Å². The van der Waals surface area contributed by atoms with E-state index in [-0.39, 0.29) is 11.9 Å². The summed E-state index contributed by atoms with van der Waals surface area (Å²) in [5.41, 5.74) is 0.253. The Labute approximate surface area is 126 Å². The van der Waals surface area contributed by atoms with Crippen molar-refractivity contribution in [2.45, 2.75) is 26.0 Å². The molecule has 3 rings (SSSR count). The van der Waals surface area contributed by atoms with Crippen LogP contribution in [0.3, 0.4) is 0 Å². The van der Waals surface area contributed by atoms with Crippen molar-refractivity contribution in [2.75, 3.05) is 26.8 Å². The number of methoxy groups -OCH3 is 1. The second-order valence-electron chi connectivity index (χ2n) is 6.64. The maximum atomic E-state index is 12.5. The van der Waals surface area contributed by atoms with Crippen LogP contribution in [0, 0.1) is 11.3 Å². The van der Waals surface area contributed by atoms with Gasteiger partial charge in [-0.15, -0.1) is 0 Å². The molecule has 2 heterocycles. The molecule has 0 N–H and O–H groups in total. The van der Waals surface area contributed by atoms with Gasteiger partial charge in [-0.05, 0) is 19.4 Å². The number of hydrogen-bond donors (Lipinski definition) is 0. The van der Waals surface area contributed by atoms with Gasteiger partial charge >= 0.3 is 5.97 Å². The first-order valence-electron chi connectivity index (χ1n) is 7.48. The molecule has 1 aromatic rings. The molecule has 2 atom stereocenters. The van der Waals surface area contributed by atoms with Crippen molar-refractivity contribution in [1.29, 1.82) is 0 Å². The van der Waals surface area contributed by atoms with Gasteiger partial charge in [0.25, 0.3) is 0 Å². The molecule has 4 nitrogen and oxygen atoms in total. The van der Waals surface area contributed by atoms with Gasteiger partial charge in [-0.2, -0.15) is 0 Å². The van der Waals surface area contributed by atoms with Gasteiger partial charge in [0.1, 0.15) is 5.41 Å². The smallest absolute Gasteiger partial charge is 0.316 e. The monoisotopic (exact) mass is 289 g/mol. The molecule has 0 spiro atoms. The lowest BCUT2D eigenvalue weighted by atomic mass is 9.69. The average Bonchev–Trinajstić information content (AvgIpc) is 2.96. The zero-order chi connectivity index (χ0) is 15.1. The van der Waals surface area contributed by atoms with Crippen LogP contribution in [0.25, 0.3) is 0 Å². The van der Waals surface area contributed by atoms with Gasteiger partial charge in [-0.1, -0.05) is 30.3 Å². The minimum Gasteiger partial charge on any atom is -0.468 e. The lowest BCUT2D eigenvalue weighted by Gasteiger charge is -2.37. The standard InChI is InChI=1S/C17H23NO3/c1-16(2)17(15(19)20-3)12-18(10-14(17)11-21-16)9-13-7-5-4-6-8-13/h4-8,14H,9-12H2,1-3H3/t14-,17-/m1/s1. The van der Waals surface area contributed by atoms with E-state index >= 15 is 0 Å². The predicted octanol–water partition coefficient (Wildman–Crippen LogP) is 2.09. The number of carbonyl (C=O) groups excluding carboxylic acids is 1. The highest BCUT2D eigenvalue weighted by atomic mass is 16.5. The molecule has 114 valence electrons. The predicted molar refractivity (Wildman–Crippen MR) is 79.7 cm³/mol. The second kappa shape index (κ2) is 5.11. The van der Waals surface area contributed by atoms with Crippen LogP contribution in [0.15, 0.2) is 30.3 Å². The third-order valence-electron chi connectivity index (χ3n) is 5.17. The van der Waals surface area contributed by atoms with Gasteiger partial charge in [0, 0.05) is 25.6 Å². The zero-order valence-corrected chi connectivity index (χ0v) is 13.0. The van der Waals surface area contributed by atoms with Gasteiger partial charge in [0.05, 0.1) is 19.3 Å². The van der Waals surface area contributed by atoms with E-state index in [1.165, 1.54) is 12.7 Å². The van der Waals surface area contributed by atoms with Gasteiger partial charge in [-0.3, -0.25) is 9.69 Å². The Balaban J connectivity index is 1.84. The van der Waals surface area contributed by atoms with E-state index in [9.17, 15) is 4.79 Å². The Hall–Kier alpha value is -1.39. The number of ether oxygens (including phenoxy) is 2. The topological polar surface area (TPSA) is 38.8 Å². The van der Waals surface area contributed by atoms with E-state index in [4.69, 9.17) is 9.47 Å². The van der Waals surface area contributed by atoms with E-state index in [0.29, 0.717) is 13.2 Å². The molecule has 0 radical (unpaired) electrons. The van der Waals surface area contributed by atoms with Crippen molar-refractivity contribution in [3.05, 3.63) is 35.9 Å². The molecule has 2 aliphatic heterocycles. The van der Waals surface area contributed by atoms with E-state index in [1.54, 1.807) is 0 Å². The van der Waals surface area contributed by atoms with E-state index in [2.05, 4.69) is 29.2 Å². The second-order valence-corrected chi connectivity index (χ2v) is 6.64. The normalized spacial score (nSPS) is 31.1. The summed E-state index contributed by atoms with van der Waals surface area (Å²) >= 11 is 0. The Morgan fingerprint density at radius 3 is 2.76 bits per heavy atom. The van der Waals surface area contributed by atoms with Gasteiger partial charge in [0.15, 0.2) is 0 Å². The molecule has 21 heavy (non-hydrogen) atoms. The third kappa shape index (κ3) is 2.17. The lowest BCUT2D eigenvalue weighted by molar-refractivity contribution is -0.163. The Morgan fingerprint density at radius 1 is 1.38 bits per heavy atom. The highest BCUT2D eigenvalue weighted by Crippen LogP contribution is 2.52. The SMILES string of the molecule is COC(=O)[C@@]12CN(Cc3ccccc3)C[C@@H]1COC2(C)C. The molecule has 2 saturated heterocycles. The number of nitrogens with zero attached hydrogens (tertiary/aromatic N) is 1. The number of esters is 1. The van der Waals surface area contributed by atoms with Crippen LogP contribution in [0.5, 0.6) is 0 Å². The van der Waals surface area contributed by atoms with Crippen LogP contribution in [-0.4, -0.2) is 43.3 Å². The molecule has 0 aliphatic carbocycles. The molecule has 0 saturated carbocycles. The Morgan fingerprint density at radius 2 is 2.10 bits per heavy atom. The summed E-state index contributed by atoms with van der Waals surface area (Å²) in [4.78, 5) is 14.9. The fourth-order valence-electron chi connectivity index (χ4n) is 3.95. The fraction of sp³-hybridized carbons (Fsp3) is 0.588. The van der Waals surface area contributed by atoms with Gasteiger partial charge in [-0.25, -0.2) is 0 Å². The van der Waals surface area contributed by atoms with Crippen molar-refractivity contribution in [3.63, 3.8) is 0 Å². The number of benzene rings is 1. The first kappa shape index (κ1) is 14.5. The van der Waals surface area contributed by atoms with E-state index < -0.39 is 11.0 Å². The van der Waals surface area contributed by atoms with Crippen LogP contribution in [0.2, 0.25) is 0 Å². The highest BCUT2D eigenvalue weighted by molar-refractivity contribution is 5.80. The number of hydrogen-bond acceptors (Lipinski definition) is 4. The largest absolute Gasteiger partial charge is 0.468 e. The maximum Gasteiger partial charge on any atom is 0.316 e. The Kier molecular flexibility index (Phi) is 3.54. The first-order valence-corrected chi connectivity index (χ1v) is 7.48. The van der Waals surface area contributed by atoms with E-state index in [0.717, 1.165) is 13.1 Å². The lowest BCUT2D eigenvalue weighted by Crippen LogP contribution is -2.51. The molecule has 0 aromatic heterocycles. The molecule has 2 aliphatic rings. The van der Waals surface area contributed by atoms with Crippen LogP contribution < -0.4 is 0 Å². The molecular weight excluding hydrogens is 266 g/mol. The molecule has 1 aromatic carbocycles. The summed E-state index contributed by atoms with van der Waals surface area (Å²) in [5.74, 6) is 0.0780. The molecule has 0 bridgehead atoms. The van der Waals surface area contributed by atoms with Crippen LogP contribution in [0.4, 0.5) is 0 Å². The van der Waals surface area contributed by atoms with Crippen molar-refractivity contribution < 1.29 is 14.3 Å². The molecule has 2 fully saturated rings. The number of carbonyl (C=O) groups is 1. The van der Waals surface area contributed by atoms with Crippen LogP contribution in [0.1, 0.15) is 19.4 Å². The maximum absolute atomic E-state index is 12.5. The molecule has 4 heteroatoms. The van der Waals surface area contributed by atoms with Crippen LogP contribution >= 0.6 is 0 Å². The van der Waals surface area contributed by atoms with Crippen LogP contribution in [-0.2, 0) is 20.8 Å². The van der Waals surface area contributed by atoms with Crippen molar-refractivity contribution in [1.82, 2.24) is 4.90 Å². The molecule has 0 unspecified atom stereocenters. The van der Waals surface area contributed by atoms with Crippen molar-refractivity contribution in [3.8, 4) is 0 Å².